The Morgan fingerprint density at radius 2 is 1.44 bits per heavy atom. The van der Waals surface area contributed by atoms with Gasteiger partial charge in [0.15, 0.2) is 5.94 Å². The van der Waals surface area contributed by atoms with Crippen LogP contribution in [0.4, 0.5) is 0 Å². The molecule has 0 unspecified atom stereocenters. The number of nitrogens with zero attached hydrogens (tertiary/aromatic N) is 2. The van der Waals surface area contributed by atoms with Gasteiger partial charge in [-0.15, -0.1) is 0 Å². The van der Waals surface area contributed by atoms with Crippen molar-refractivity contribution >= 4 is 5.94 Å². The molecule has 0 radical (unpaired) electrons. The van der Waals surface area contributed by atoms with Crippen LogP contribution in [-0.2, 0) is 4.79 Å². The zero-order valence-electron chi connectivity index (χ0n) is 15.4. The topological polar surface area (TPSA) is 41.8 Å². The second-order valence-electron chi connectivity index (χ2n) is 8.50. The van der Waals surface area contributed by atoms with Crippen molar-refractivity contribution in [1.29, 1.82) is 0 Å². The second-order valence-corrected chi connectivity index (χ2v) is 8.50. The lowest BCUT2D eigenvalue weighted by Crippen LogP contribution is -2.32. The van der Waals surface area contributed by atoms with Crippen LogP contribution in [0.2, 0.25) is 0 Å². The third-order valence-electron chi connectivity index (χ3n) is 6.64. The quantitative estimate of drug-likeness (QED) is 0.746. The van der Waals surface area contributed by atoms with Gasteiger partial charge in [-0.2, -0.15) is 0 Å². The molecule has 0 spiro atoms. The van der Waals surface area contributed by atoms with Crippen LogP contribution in [0.15, 0.2) is 27.9 Å². The average Bonchev–Trinajstić information content (AvgIpc) is 3.06. The Kier molecular flexibility index (Phi) is 4.60. The minimum atomic E-state index is 0.217. The Morgan fingerprint density at radius 1 is 0.840 bits per heavy atom. The lowest BCUT2D eigenvalue weighted by molar-refractivity contribution is 0.331. The van der Waals surface area contributed by atoms with E-state index in [1.165, 1.54) is 62.5 Å². The smallest absolute Gasteiger partial charge is 0.229 e. The van der Waals surface area contributed by atoms with E-state index in [-0.39, 0.29) is 5.82 Å². The van der Waals surface area contributed by atoms with Crippen molar-refractivity contribution in [3.8, 4) is 0 Å². The predicted octanol–water partition coefficient (Wildman–Crippen LogP) is 4.20. The summed E-state index contributed by atoms with van der Waals surface area (Å²) in [6, 6.07) is 4.37. The molecule has 1 heterocycles. The van der Waals surface area contributed by atoms with Crippen molar-refractivity contribution in [3.63, 3.8) is 0 Å². The van der Waals surface area contributed by atoms with Crippen LogP contribution in [0, 0.1) is 11.8 Å². The van der Waals surface area contributed by atoms with E-state index in [1.54, 1.807) is 0 Å². The molecule has 1 aromatic rings. The first-order valence-corrected chi connectivity index (χ1v) is 10.0. The number of carbonyl (C=O) groups excluding carboxylic acids is 1. The Morgan fingerprint density at radius 3 is 2.04 bits per heavy atom. The summed E-state index contributed by atoms with van der Waals surface area (Å²) in [5, 5.41) is 1.86. The summed E-state index contributed by atoms with van der Waals surface area (Å²) >= 11 is 0. The maximum Gasteiger partial charge on any atom is 0.240 e. The van der Waals surface area contributed by atoms with Gasteiger partial charge in [-0.05, 0) is 66.5 Å². The molecule has 2 saturated carbocycles. The molecular weight excluding hydrogens is 308 g/mol. The second kappa shape index (κ2) is 6.88. The fourth-order valence-corrected chi connectivity index (χ4v) is 5.02. The molecule has 0 saturated heterocycles. The largest absolute Gasteiger partial charge is 0.240 e. The number of rotatable bonds is 2. The molecule has 3 heteroatoms. The first-order chi connectivity index (χ1) is 12.2. The standard InChI is InChI=1S/C22H28N2O/c1-14-3-7-16(8-4-14)18-11-12-19-22(24-20(13-25)23-19)21(18)17-9-5-15(2)6-10-17/h11-12,14-17H,3-10H2,1-2H3. The Balaban J connectivity index is 1.80. The maximum absolute atomic E-state index is 11.1. The monoisotopic (exact) mass is 336 g/mol. The third-order valence-corrected chi connectivity index (χ3v) is 6.64. The lowest BCUT2D eigenvalue weighted by Gasteiger charge is -2.32. The maximum atomic E-state index is 11.1. The van der Waals surface area contributed by atoms with Crippen molar-refractivity contribution in [1.82, 2.24) is 0 Å². The van der Waals surface area contributed by atoms with E-state index in [4.69, 9.17) is 0 Å². The van der Waals surface area contributed by atoms with Crippen molar-refractivity contribution in [2.75, 3.05) is 0 Å². The SMILES string of the molecule is CC1CCC(c2ccc3c(c2C2CCC(C)CC2)=NC(=C=O)N=3)CC1. The zero-order valence-corrected chi connectivity index (χ0v) is 15.4. The van der Waals surface area contributed by atoms with Gasteiger partial charge in [0, 0.05) is 0 Å². The molecule has 0 amide bonds. The molecular formula is C22H28N2O. The highest BCUT2D eigenvalue weighted by Gasteiger charge is 2.29. The minimum absolute atomic E-state index is 0.217. The van der Waals surface area contributed by atoms with Gasteiger partial charge in [-0.25, -0.2) is 14.8 Å². The molecule has 4 rings (SSSR count). The van der Waals surface area contributed by atoms with Gasteiger partial charge >= 0.3 is 0 Å². The molecule has 0 aromatic heterocycles. The summed E-state index contributed by atoms with van der Waals surface area (Å²) in [5.41, 5.74) is 2.91. The highest BCUT2D eigenvalue weighted by atomic mass is 16.1. The first kappa shape index (κ1) is 16.7. The van der Waals surface area contributed by atoms with Crippen LogP contribution in [0.25, 0.3) is 0 Å². The van der Waals surface area contributed by atoms with E-state index >= 15 is 0 Å². The Hall–Kier alpha value is -1.73. The summed E-state index contributed by atoms with van der Waals surface area (Å²) in [4.78, 5) is 20.0. The number of hydrogen-bond acceptors (Lipinski definition) is 3. The van der Waals surface area contributed by atoms with Crippen LogP contribution in [0.3, 0.4) is 0 Å². The fraction of sp³-hybridized carbons (Fsp3) is 0.636. The number of hydrogen-bond donors (Lipinski definition) is 0. The van der Waals surface area contributed by atoms with Gasteiger partial charge in [-0.1, -0.05) is 45.6 Å². The highest BCUT2D eigenvalue weighted by Crippen LogP contribution is 2.41. The van der Waals surface area contributed by atoms with Crippen molar-refractivity contribution in [2.24, 2.45) is 21.8 Å². The van der Waals surface area contributed by atoms with E-state index in [0.29, 0.717) is 11.8 Å². The summed E-state index contributed by atoms with van der Waals surface area (Å²) in [6.45, 7) is 4.74. The molecule has 2 aliphatic carbocycles. The molecule has 3 nitrogen and oxygen atoms in total. The molecule has 3 aliphatic rings. The van der Waals surface area contributed by atoms with E-state index < -0.39 is 0 Å². The fourth-order valence-electron chi connectivity index (χ4n) is 5.02. The first-order valence-electron chi connectivity index (χ1n) is 10.0. The highest BCUT2D eigenvalue weighted by molar-refractivity contribution is 5.52. The van der Waals surface area contributed by atoms with Gasteiger partial charge in [0.2, 0.25) is 5.82 Å². The summed E-state index contributed by atoms with van der Waals surface area (Å²) in [5.74, 6) is 5.01. The molecule has 1 aliphatic heterocycles. The summed E-state index contributed by atoms with van der Waals surface area (Å²) < 4.78 is 0. The van der Waals surface area contributed by atoms with E-state index in [1.807, 2.05) is 5.94 Å². The molecule has 0 bridgehead atoms. The predicted molar refractivity (Wildman–Crippen MR) is 98.7 cm³/mol. The summed E-state index contributed by atoms with van der Waals surface area (Å²) in [7, 11) is 0. The third kappa shape index (κ3) is 3.22. The number of benzene rings is 1. The molecule has 1 aromatic carbocycles. The lowest BCUT2D eigenvalue weighted by atomic mass is 9.72. The van der Waals surface area contributed by atoms with Crippen LogP contribution in [0.5, 0.6) is 0 Å². The van der Waals surface area contributed by atoms with Crippen LogP contribution in [0.1, 0.15) is 88.2 Å². The Bertz CT molecular complexity index is 818. The number of fused-ring (bicyclic) bond motifs is 1. The van der Waals surface area contributed by atoms with E-state index in [9.17, 15) is 4.79 Å². The van der Waals surface area contributed by atoms with Gasteiger partial charge in [0.25, 0.3) is 0 Å². The van der Waals surface area contributed by atoms with Gasteiger partial charge in [-0.3, -0.25) is 0 Å². The minimum Gasteiger partial charge on any atom is -0.229 e. The molecule has 2 fully saturated rings. The molecule has 25 heavy (non-hydrogen) atoms. The van der Waals surface area contributed by atoms with E-state index in [2.05, 4.69) is 36.0 Å². The Labute approximate surface area is 150 Å². The average molecular weight is 336 g/mol. The van der Waals surface area contributed by atoms with Crippen molar-refractivity contribution < 1.29 is 4.79 Å². The zero-order chi connectivity index (χ0) is 17.4. The molecule has 0 atom stereocenters. The van der Waals surface area contributed by atoms with Gasteiger partial charge < -0.3 is 0 Å². The van der Waals surface area contributed by atoms with Crippen molar-refractivity contribution in [2.45, 2.75) is 77.0 Å². The van der Waals surface area contributed by atoms with Crippen LogP contribution < -0.4 is 10.7 Å². The van der Waals surface area contributed by atoms with Gasteiger partial charge in [0.1, 0.15) is 0 Å². The normalized spacial score (nSPS) is 31.7. The molecule has 0 N–H and O–H groups in total. The van der Waals surface area contributed by atoms with E-state index in [0.717, 1.165) is 22.6 Å². The van der Waals surface area contributed by atoms with Crippen LogP contribution >= 0.6 is 0 Å². The summed E-state index contributed by atoms with van der Waals surface area (Å²) in [6.07, 6.45) is 10.3. The van der Waals surface area contributed by atoms with Crippen molar-refractivity contribution in [3.05, 3.63) is 39.8 Å². The molecule has 132 valence electrons. The van der Waals surface area contributed by atoms with Gasteiger partial charge in [0.05, 0.1) is 10.7 Å². The van der Waals surface area contributed by atoms with Crippen LogP contribution in [-0.4, -0.2) is 5.94 Å².